The summed E-state index contributed by atoms with van der Waals surface area (Å²) in [7, 11) is 0. The number of nitrogens with zero attached hydrogens (tertiary/aromatic N) is 1. The third-order valence-corrected chi connectivity index (χ3v) is 3.64. The van der Waals surface area contributed by atoms with Crippen molar-refractivity contribution in [3.8, 4) is 0 Å². The zero-order chi connectivity index (χ0) is 12.7. The van der Waals surface area contributed by atoms with Crippen molar-refractivity contribution in [1.82, 2.24) is 0 Å². The fourth-order valence-electron chi connectivity index (χ4n) is 2.53. The van der Waals surface area contributed by atoms with E-state index in [1.807, 2.05) is 12.1 Å². The van der Waals surface area contributed by atoms with Crippen LogP contribution in [0.2, 0.25) is 5.02 Å². The molecule has 1 aliphatic carbocycles. The number of rotatable bonds is 0. The first-order chi connectivity index (χ1) is 8.66. The van der Waals surface area contributed by atoms with Crippen LogP contribution in [0.15, 0.2) is 36.5 Å². The maximum atomic E-state index is 11.8. The largest absolute Gasteiger partial charge is 0.618 e. The van der Waals surface area contributed by atoms with E-state index in [1.165, 1.54) is 6.20 Å². The van der Waals surface area contributed by atoms with E-state index < -0.39 is 6.10 Å². The Kier molecular flexibility index (Phi) is 2.73. The molecular formula is C14H12ClNO2. The van der Waals surface area contributed by atoms with Gasteiger partial charge in [0.15, 0.2) is 12.3 Å². The number of hydrogen-bond acceptors (Lipinski definition) is 2. The molecule has 0 saturated heterocycles. The number of halogens is 1. The monoisotopic (exact) mass is 261 g/mol. The van der Waals surface area contributed by atoms with E-state index in [2.05, 4.69) is 0 Å². The van der Waals surface area contributed by atoms with E-state index in [0.29, 0.717) is 10.7 Å². The fourth-order valence-corrected chi connectivity index (χ4v) is 2.72. The van der Waals surface area contributed by atoms with Crippen LogP contribution < -0.4 is 4.73 Å². The first-order valence-electron chi connectivity index (χ1n) is 5.84. The second kappa shape index (κ2) is 4.26. The third-order valence-electron chi connectivity index (χ3n) is 3.41. The second-order valence-electron chi connectivity index (χ2n) is 4.49. The minimum absolute atomic E-state index is 0.429. The molecule has 3 nitrogen and oxygen atoms in total. The smallest absolute Gasteiger partial charge is 0.229 e. The molecule has 1 aliphatic rings. The first kappa shape index (κ1) is 11.5. The highest BCUT2D eigenvalue weighted by Gasteiger charge is 2.28. The van der Waals surface area contributed by atoms with Gasteiger partial charge in [0.2, 0.25) is 5.69 Å². The van der Waals surface area contributed by atoms with Crippen LogP contribution >= 0.6 is 11.6 Å². The Labute approximate surface area is 110 Å². The molecule has 1 aromatic carbocycles. The van der Waals surface area contributed by atoms with Gasteiger partial charge >= 0.3 is 0 Å². The molecule has 0 bridgehead atoms. The molecule has 0 amide bonds. The fraction of sp³-hybridized carbons (Fsp3) is 0.214. The summed E-state index contributed by atoms with van der Waals surface area (Å²) >= 11 is 5.97. The second-order valence-corrected chi connectivity index (χ2v) is 4.93. The number of aromatic nitrogens is 1. The highest BCUT2D eigenvalue weighted by atomic mass is 35.5. The highest BCUT2D eigenvalue weighted by molar-refractivity contribution is 6.30. The van der Waals surface area contributed by atoms with Gasteiger partial charge in [-0.25, -0.2) is 0 Å². The zero-order valence-corrected chi connectivity index (χ0v) is 10.4. The lowest BCUT2D eigenvalue weighted by atomic mass is 10.0. The van der Waals surface area contributed by atoms with Gasteiger partial charge in [0, 0.05) is 16.7 Å². The van der Waals surface area contributed by atoms with Gasteiger partial charge in [-0.05, 0) is 42.2 Å². The average Bonchev–Trinajstić information content (AvgIpc) is 2.48. The molecule has 0 radical (unpaired) electrons. The molecular weight excluding hydrogens is 250 g/mol. The lowest BCUT2D eigenvalue weighted by molar-refractivity contribution is -0.618. The van der Waals surface area contributed by atoms with Crippen LogP contribution in [0.5, 0.6) is 0 Å². The normalized spacial score (nSPS) is 17.8. The van der Waals surface area contributed by atoms with Crippen molar-refractivity contribution in [2.75, 3.05) is 0 Å². The number of hydrogen-bond donors (Lipinski definition) is 1. The number of aliphatic hydroxyl groups is 1. The van der Waals surface area contributed by atoms with Gasteiger partial charge in [0.05, 0.1) is 0 Å². The molecule has 3 rings (SSSR count). The molecule has 1 unspecified atom stereocenters. The van der Waals surface area contributed by atoms with Crippen LogP contribution in [0.4, 0.5) is 0 Å². The quantitative estimate of drug-likeness (QED) is 0.584. The van der Waals surface area contributed by atoms with Crippen LogP contribution in [-0.4, -0.2) is 5.11 Å². The molecule has 2 aromatic rings. The maximum absolute atomic E-state index is 11.8. The Morgan fingerprint density at radius 3 is 2.83 bits per heavy atom. The molecule has 1 heterocycles. The topological polar surface area (TPSA) is 47.2 Å². The van der Waals surface area contributed by atoms with Crippen molar-refractivity contribution in [3.63, 3.8) is 0 Å². The van der Waals surface area contributed by atoms with Crippen molar-refractivity contribution in [1.29, 1.82) is 0 Å². The first-order valence-corrected chi connectivity index (χ1v) is 6.22. The zero-order valence-electron chi connectivity index (χ0n) is 9.64. The summed E-state index contributed by atoms with van der Waals surface area (Å²) in [5.74, 6) is 0. The van der Waals surface area contributed by atoms with Gasteiger partial charge in [-0.1, -0.05) is 17.7 Å². The Balaban J connectivity index is 2.20. The summed E-state index contributed by atoms with van der Waals surface area (Å²) < 4.78 is 0.754. The van der Waals surface area contributed by atoms with Gasteiger partial charge in [-0.2, -0.15) is 4.73 Å². The Morgan fingerprint density at radius 2 is 2.00 bits per heavy atom. The summed E-state index contributed by atoms with van der Waals surface area (Å²) in [6.07, 6.45) is 2.06. The van der Waals surface area contributed by atoms with Crippen molar-refractivity contribution in [3.05, 3.63) is 69.1 Å². The molecule has 92 valence electrons. The van der Waals surface area contributed by atoms with Crippen LogP contribution in [0.3, 0.4) is 0 Å². The van der Waals surface area contributed by atoms with E-state index in [-0.39, 0.29) is 0 Å². The van der Waals surface area contributed by atoms with Crippen molar-refractivity contribution in [2.45, 2.75) is 18.9 Å². The Bertz CT molecular complexity index is 613. The van der Waals surface area contributed by atoms with Crippen molar-refractivity contribution >= 4 is 11.6 Å². The van der Waals surface area contributed by atoms with E-state index in [0.717, 1.165) is 34.3 Å². The van der Waals surface area contributed by atoms with E-state index in [4.69, 9.17) is 11.6 Å². The van der Waals surface area contributed by atoms with Gasteiger partial charge in [-0.3, -0.25) is 0 Å². The van der Waals surface area contributed by atoms with E-state index in [1.54, 1.807) is 18.2 Å². The number of aliphatic hydroxyl groups excluding tert-OH is 1. The summed E-state index contributed by atoms with van der Waals surface area (Å²) in [6.45, 7) is 0. The van der Waals surface area contributed by atoms with Crippen LogP contribution in [0.1, 0.15) is 28.5 Å². The molecule has 1 aromatic heterocycles. The third kappa shape index (κ3) is 1.76. The van der Waals surface area contributed by atoms with Gasteiger partial charge in [0.25, 0.3) is 0 Å². The average molecular weight is 262 g/mol. The molecule has 0 saturated carbocycles. The van der Waals surface area contributed by atoms with Crippen molar-refractivity contribution in [2.24, 2.45) is 0 Å². The SMILES string of the molecule is [O-][n+]1cccc2c1C(O)c1ccc(Cl)cc1CC2. The van der Waals surface area contributed by atoms with Crippen LogP contribution in [-0.2, 0) is 12.8 Å². The van der Waals surface area contributed by atoms with Gasteiger partial charge in [0.1, 0.15) is 0 Å². The minimum Gasteiger partial charge on any atom is -0.618 e. The molecule has 1 N–H and O–H groups in total. The summed E-state index contributed by atoms with van der Waals surface area (Å²) in [6, 6.07) is 9.00. The number of fused-ring (bicyclic) bond motifs is 2. The molecule has 1 atom stereocenters. The number of aryl methyl sites for hydroxylation is 2. The van der Waals surface area contributed by atoms with Crippen LogP contribution in [0.25, 0.3) is 0 Å². The van der Waals surface area contributed by atoms with Gasteiger partial charge < -0.3 is 10.3 Å². The lowest BCUT2D eigenvalue weighted by Gasteiger charge is -2.13. The Hall–Kier alpha value is -1.58. The van der Waals surface area contributed by atoms with Crippen LogP contribution in [0, 0.1) is 5.21 Å². The van der Waals surface area contributed by atoms with Crippen molar-refractivity contribution < 1.29 is 9.84 Å². The predicted molar refractivity (Wildman–Crippen MR) is 68.3 cm³/mol. The lowest BCUT2D eigenvalue weighted by Crippen LogP contribution is -2.34. The minimum atomic E-state index is -0.881. The van der Waals surface area contributed by atoms with E-state index in [9.17, 15) is 10.3 Å². The maximum Gasteiger partial charge on any atom is 0.229 e. The highest BCUT2D eigenvalue weighted by Crippen LogP contribution is 2.31. The Morgan fingerprint density at radius 1 is 1.22 bits per heavy atom. The predicted octanol–water partition coefficient (Wildman–Crippen LogP) is 2.15. The summed E-state index contributed by atoms with van der Waals surface area (Å²) in [5, 5.41) is 22.9. The molecule has 4 heteroatoms. The number of pyridine rings is 1. The summed E-state index contributed by atoms with van der Waals surface area (Å²) in [4.78, 5) is 0. The van der Waals surface area contributed by atoms with Gasteiger partial charge in [-0.15, -0.1) is 0 Å². The molecule has 18 heavy (non-hydrogen) atoms. The number of benzene rings is 1. The molecule has 0 spiro atoms. The molecule has 0 aliphatic heterocycles. The van der Waals surface area contributed by atoms with E-state index >= 15 is 0 Å². The molecule has 0 fully saturated rings. The summed E-state index contributed by atoms with van der Waals surface area (Å²) in [5.41, 5.74) is 3.10. The standard InChI is InChI=1S/C14H12ClNO2/c15-11-5-6-12-10(8-11)4-3-9-2-1-7-16(18)13(9)14(12)17/h1-2,5-8,14,17H,3-4H2.